The van der Waals surface area contributed by atoms with Gasteiger partial charge in [0, 0.05) is 6.07 Å². The zero-order chi connectivity index (χ0) is 7.56. The highest BCUT2D eigenvalue weighted by Crippen LogP contribution is 2.09. The summed E-state index contributed by atoms with van der Waals surface area (Å²) in [6.45, 7) is -0.448. The van der Waals surface area contributed by atoms with Crippen molar-refractivity contribution < 1.29 is 14.9 Å². The highest BCUT2D eigenvalue weighted by atomic mass is 16.5. The quantitative estimate of drug-likeness (QED) is 0.410. The first-order valence-electron chi connectivity index (χ1n) is 2.76. The third kappa shape index (κ3) is 1.01. The van der Waals surface area contributed by atoms with Gasteiger partial charge in [-0.3, -0.25) is 0 Å². The Morgan fingerprint density at radius 2 is 2.30 bits per heavy atom. The Labute approximate surface area is 57.6 Å². The summed E-state index contributed by atoms with van der Waals surface area (Å²) in [5.74, 6) is -0.181. The van der Waals surface area contributed by atoms with Crippen molar-refractivity contribution in [2.24, 2.45) is 0 Å². The molecule has 0 aliphatic carbocycles. The molecular weight excluding hydrogens is 134 g/mol. The van der Waals surface area contributed by atoms with Crippen LogP contribution in [0, 0.1) is 5.21 Å². The van der Waals surface area contributed by atoms with Crippen LogP contribution in [-0.2, 0) is 6.61 Å². The second-order valence-corrected chi connectivity index (χ2v) is 1.82. The molecular formula is C6H7NO3. The van der Waals surface area contributed by atoms with Crippen molar-refractivity contribution in [3.05, 3.63) is 29.2 Å². The van der Waals surface area contributed by atoms with Crippen LogP contribution < -0.4 is 4.73 Å². The third-order valence-electron chi connectivity index (χ3n) is 1.19. The number of hydrogen-bond donors (Lipinski definition) is 2. The molecule has 0 bridgehead atoms. The fourth-order valence-electron chi connectivity index (χ4n) is 0.662. The summed E-state index contributed by atoms with van der Waals surface area (Å²) in [6.07, 6.45) is 1.21. The van der Waals surface area contributed by atoms with Gasteiger partial charge >= 0.3 is 0 Å². The number of nitrogens with zero attached hydrogens (tertiary/aromatic N) is 1. The molecule has 0 aromatic carbocycles. The molecule has 10 heavy (non-hydrogen) atoms. The average molecular weight is 141 g/mol. The summed E-state index contributed by atoms with van der Waals surface area (Å²) in [4.78, 5) is 0. The minimum Gasteiger partial charge on any atom is -0.618 e. The lowest BCUT2D eigenvalue weighted by atomic mass is 10.3. The smallest absolute Gasteiger partial charge is 0.260 e. The fourth-order valence-corrected chi connectivity index (χ4v) is 0.662. The lowest BCUT2D eigenvalue weighted by Crippen LogP contribution is -2.30. The molecule has 0 saturated heterocycles. The van der Waals surface area contributed by atoms with Crippen LogP contribution in [0.3, 0.4) is 0 Å². The van der Waals surface area contributed by atoms with E-state index in [-0.39, 0.29) is 11.4 Å². The minimum absolute atomic E-state index is 0.0255. The van der Waals surface area contributed by atoms with Crippen LogP contribution in [0.15, 0.2) is 18.3 Å². The topological polar surface area (TPSA) is 67.4 Å². The molecule has 0 amide bonds. The molecule has 1 rings (SSSR count). The molecule has 2 N–H and O–H groups in total. The van der Waals surface area contributed by atoms with Gasteiger partial charge in [0.25, 0.3) is 5.69 Å². The van der Waals surface area contributed by atoms with Gasteiger partial charge in [0.1, 0.15) is 6.61 Å². The van der Waals surface area contributed by atoms with Gasteiger partial charge in [-0.15, -0.1) is 0 Å². The van der Waals surface area contributed by atoms with Gasteiger partial charge < -0.3 is 15.4 Å². The Balaban J connectivity index is 3.17. The monoisotopic (exact) mass is 141 g/mol. The van der Waals surface area contributed by atoms with Crippen molar-refractivity contribution in [2.75, 3.05) is 0 Å². The van der Waals surface area contributed by atoms with Crippen molar-refractivity contribution in [3.63, 3.8) is 0 Å². The van der Waals surface area contributed by atoms with E-state index in [1.807, 2.05) is 0 Å². The van der Waals surface area contributed by atoms with Crippen molar-refractivity contribution in [1.29, 1.82) is 0 Å². The number of pyridine rings is 1. The molecule has 0 radical (unpaired) electrons. The van der Waals surface area contributed by atoms with Gasteiger partial charge in [-0.25, -0.2) is 0 Å². The maximum absolute atomic E-state index is 10.7. The summed E-state index contributed by atoms with van der Waals surface area (Å²) < 4.78 is 0.426. The molecule has 1 heterocycles. The SMILES string of the molecule is [O-][n+]1cccc(O)c1CO. The zero-order valence-corrected chi connectivity index (χ0v) is 5.19. The molecule has 0 aliphatic rings. The predicted octanol–water partition coefficient (Wildman–Crippen LogP) is -0.482. The van der Waals surface area contributed by atoms with Crippen LogP contribution in [-0.4, -0.2) is 10.2 Å². The highest BCUT2D eigenvalue weighted by molar-refractivity contribution is 5.20. The summed E-state index contributed by atoms with van der Waals surface area (Å²) in [5, 5.41) is 28.1. The van der Waals surface area contributed by atoms with Gasteiger partial charge in [0.05, 0.1) is 0 Å². The standard InChI is InChI=1S/C6H7NO3/c8-4-5-6(9)2-1-3-7(5)10/h1-3,8-9H,4H2. The Kier molecular flexibility index (Phi) is 1.73. The van der Waals surface area contributed by atoms with Crippen LogP contribution in [0.4, 0.5) is 0 Å². The Morgan fingerprint density at radius 3 is 2.70 bits per heavy atom. The summed E-state index contributed by atoms with van der Waals surface area (Å²) >= 11 is 0. The molecule has 0 spiro atoms. The van der Waals surface area contributed by atoms with E-state index in [4.69, 9.17) is 10.2 Å². The van der Waals surface area contributed by atoms with Crippen molar-refractivity contribution in [3.8, 4) is 5.75 Å². The summed E-state index contributed by atoms with van der Waals surface area (Å²) in [6, 6.07) is 2.75. The lowest BCUT2D eigenvalue weighted by molar-refractivity contribution is -0.616. The Morgan fingerprint density at radius 1 is 1.60 bits per heavy atom. The average Bonchev–Trinajstić information content (AvgIpc) is 1.88. The van der Waals surface area contributed by atoms with Crippen LogP contribution in [0.5, 0.6) is 5.75 Å². The van der Waals surface area contributed by atoms with Crippen molar-refractivity contribution >= 4 is 0 Å². The molecule has 54 valence electrons. The molecule has 0 fully saturated rings. The fraction of sp³-hybridized carbons (Fsp3) is 0.167. The molecule has 0 unspecified atom stereocenters. The zero-order valence-electron chi connectivity index (χ0n) is 5.19. The van der Waals surface area contributed by atoms with Gasteiger partial charge in [-0.05, 0) is 6.07 Å². The van der Waals surface area contributed by atoms with E-state index in [0.717, 1.165) is 0 Å². The van der Waals surface area contributed by atoms with Gasteiger partial charge in [0.15, 0.2) is 11.9 Å². The largest absolute Gasteiger partial charge is 0.618 e. The van der Waals surface area contributed by atoms with Crippen LogP contribution in [0.1, 0.15) is 5.69 Å². The molecule has 1 aromatic rings. The first-order valence-corrected chi connectivity index (χ1v) is 2.76. The lowest BCUT2D eigenvalue weighted by Gasteiger charge is -2.01. The van der Waals surface area contributed by atoms with Crippen molar-refractivity contribution in [1.82, 2.24) is 0 Å². The first kappa shape index (κ1) is 6.82. The number of aliphatic hydroxyl groups excluding tert-OH is 1. The Hall–Kier alpha value is -1.29. The number of aromatic nitrogens is 1. The number of hydrogen-bond acceptors (Lipinski definition) is 3. The van der Waals surface area contributed by atoms with Crippen LogP contribution in [0.25, 0.3) is 0 Å². The van der Waals surface area contributed by atoms with E-state index in [0.29, 0.717) is 4.73 Å². The van der Waals surface area contributed by atoms with E-state index in [2.05, 4.69) is 0 Å². The van der Waals surface area contributed by atoms with Crippen LogP contribution >= 0.6 is 0 Å². The summed E-state index contributed by atoms with van der Waals surface area (Å²) in [5.41, 5.74) is -0.0255. The maximum atomic E-state index is 10.7. The molecule has 1 aromatic heterocycles. The number of aliphatic hydroxyl groups is 1. The molecule has 4 heteroatoms. The second kappa shape index (κ2) is 2.53. The molecule has 0 aliphatic heterocycles. The number of rotatable bonds is 1. The minimum atomic E-state index is -0.448. The molecule has 0 atom stereocenters. The molecule has 4 nitrogen and oxygen atoms in total. The first-order chi connectivity index (χ1) is 4.75. The van der Waals surface area contributed by atoms with Crippen molar-refractivity contribution in [2.45, 2.75) is 6.61 Å². The normalized spacial score (nSPS) is 9.70. The van der Waals surface area contributed by atoms with Gasteiger partial charge in [0.2, 0.25) is 0 Å². The second-order valence-electron chi connectivity index (χ2n) is 1.82. The van der Waals surface area contributed by atoms with E-state index >= 15 is 0 Å². The van der Waals surface area contributed by atoms with E-state index in [1.165, 1.54) is 18.3 Å². The van der Waals surface area contributed by atoms with E-state index < -0.39 is 6.61 Å². The maximum Gasteiger partial charge on any atom is 0.260 e. The third-order valence-corrected chi connectivity index (χ3v) is 1.19. The highest BCUT2D eigenvalue weighted by Gasteiger charge is 2.07. The summed E-state index contributed by atoms with van der Waals surface area (Å²) in [7, 11) is 0. The Bertz CT molecular complexity index is 216. The number of aromatic hydroxyl groups is 1. The van der Waals surface area contributed by atoms with Gasteiger partial charge in [-0.1, -0.05) is 0 Å². The van der Waals surface area contributed by atoms with E-state index in [1.54, 1.807) is 0 Å². The van der Waals surface area contributed by atoms with Crippen LogP contribution in [0.2, 0.25) is 0 Å². The molecule has 0 saturated carbocycles. The van der Waals surface area contributed by atoms with Gasteiger partial charge in [-0.2, -0.15) is 4.73 Å². The van der Waals surface area contributed by atoms with E-state index in [9.17, 15) is 5.21 Å². The predicted molar refractivity (Wildman–Crippen MR) is 33.0 cm³/mol.